The van der Waals surface area contributed by atoms with Crippen molar-refractivity contribution in [1.82, 2.24) is 4.90 Å². The van der Waals surface area contributed by atoms with Gasteiger partial charge in [-0.3, -0.25) is 0 Å². The van der Waals surface area contributed by atoms with Crippen LogP contribution in [-0.4, -0.2) is 73.1 Å². The van der Waals surface area contributed by atoms with Crippen LogP contribution in [-0.2, 0) is 20.7 Å². The number of hydrogen-bond donors (Lipinski definition) is 2. The topological polar surface area (TPSA) is 106 Å². The van der Waals surface area contributed by atoms with Crippen LogP contribution in [0.2, 0.25) is 0 Å². The van der Waals surface area contributed by atoms with E-state index in [0.717, 1.165) is 30.6 Å². The van der Waals surface area contributed by atoms with Crippen molar-refractivity contribution in [1.29, 1.82) is 0 Å². The molecule has 0 spiro atoms. The number of rotatable bonds is 11. The van der Waals surface area contributed by atoms with Gasteiger partial charge in [-0.25, -0.2) is 9.59 Å². The maximum absolute atomic E-state index is 9.10. The van der Waals surface area contributed by atoms with Gasteiger partial charge in [0.05, 0.1) is 19.8 Å². The molecule has 1 aliphatic heterocycles. The average Bonchev–Trinajstić information content (AvgIpc) is 2.84. The average molecular weight is 474 g/mol. The zero-order valence-electron chi connectivity index (χ0n) is 19.7. The Morgan fingerprint density at radius 1 is 0.853 bits per heavy atom. The van der Waals surface area contributed by atoms with Crippen LogP contribution < -0.4 is 9.47 Å². The molecule has 186 valence electrons. The number of aliphatic carboxylic acids is 2. The van der Waals surface area contributed by atoms with Crippen LogP contribution >= 0.6 is 0 Å². The number of carbonyl (C=O) groups is 2. The normalized spacial score (nSPS) is 14.0. The maximum Gasteiger partial charge on any atom is 0.414 e. The van der Waals surface area contributed by atoms with E-state index < -0.39 is 11.9 Å². The molecule has 2 aromatic rings. The summed E-state index contributed by atoms with van der Waals surface area (Å²) < 4.78 is 17.1. The Labute approximate surface area is 201 Å². The molecular formula is C26H35NO7. The highest BCUT2D eigenvalue weighted by molar-refractivity contribution is 6.27. The molecule has 0 saturated carbocycles. The van der Waals surface area contributed by atoms with Crippen molar-refractivity contribution in [3.63, 3.8) is 0 Å². The molecule has 0 unspecified atom stereocenters. The van der Waals surface area contributed by atoms with E-state index in [-0.39, 0.29) is 0 Å². The summed E-state index contributed by atoms with van der Waals surface area (Å²) in [4.78, 5) is 20.7. The van der Waals surface area contributed by atoms with E-state index in [4.69, 9.17) is 34.0 Å². The number of nitrogens with zero attached hydrogens (tertiary/aromatic N) is 1. The fraction of sp³-hybridized carbons (Fsp3) is 0.462. The second-order valence-electron chi connectivity index (χ2n) is 7.93. The number of piperidine rings is 1. The molecule has 1 saturated heterocycles. The number of likely N-dealkylation sites (tertiary alicyclic amines) is 1. The Balaban J connectivity index is 0.000000604. The molecule has 0 atom stereocenters. The van der Waals surface area contributed by atoms with Crippen LogP contribution in [0.15, 0.2) is 54.6 Å². The molecule has 0 bridgehead atoms. The molecule has 0 amide bonds. The Kier molecular flexibility index (Phi) is 12.5. The fourth-order valence-electron chi connectivity index (χ4n) is 3.71. The summed E-state index contributed by atoms with van der Waals surface area (Å²) in [6.07, 6.45) is 3.78. The van der Waals surface area contributed by atoms with E-state index in [0.29, 0.717) is 19.8 Å². The summed E-state index contributed by atoms with van der Waals surface area (Å²) in [6.45, 7) is 7.89. The third-order valence-electron chi connectivity index (χ3n) is 5.44. The van der Waals surface area contributed by atoms with Gasteiger partial charge in [0, 0.05) is 6.54 Å². The highest BCUT2D eigenvalue weighted by atomic mass is 16.5. The van der Waals surface area contributed by atoms with Crippen molar-refractivity contribution in [2.45, 2.75) is 26.2 Å². The summed E-state index contributed by atoms with van der Waals surface area (Å²) >= 11 is 0. The molecule has 34 heavy (non-hydrogen) atoms. The van der Waals surface area contributed by atoms with Crippen LogP contribution in [0.1, 0.15) is 25.3 Å². The number of carboxylic acid groups (broad SMARTS) is 2. The molecule has 0 aliphatic carbocycles. The van der Waals surface area contributed by atoms with E-state index in [2.05, 4.69) is 35.2 Å². The minimum Gasteiger partial charge on any atom is -0.490 e. The minimum absolute atomic E-state index is 0.545. The SMILES string of the molecule is CCOc1ccccc1OCCOCCN1CCC(Cc2ccccc2)CC1.O=C(O)C(=O)O. The van der Waals surface area contributed by atoms with Crippen molar-refractivity contribution in [2.24, 2.45) is 5.92 Å². The van der Waals surface area contributed by atoms with E-state index in [1.807, 2.05) is 31.2 Å². The van der Waals surface area contributed by atoms with Crippen molar-refractivity contribution in [3.8, 4) is 11.5 Å². The highest BCUT2D eigenvalue weighted by Gasteiger charge is 2.19. The second-order valence-corrected chi connectivity index (χ2v) is 7.93. The van der Waals surface area contributed by atoms with Gasteiger partial charge in [0.1, 0.15) is 6.61 Å². The molecule has 3 rings (SSSR count). The van der Waals surface area contributed by atoms with Crippen molar-refractivity contribution in [3.05, 3.63) is 60.2 Å². The van der Waals surface area contributed by atoms with Gasteiger partial charge in [-0.2, -0.15) is 0 Å². The molecule has 2 aromatic carbocycles. The summed E-state index contributed by atoms with van der Waals surface area (Å²) in [7, 11) is 0. The first-order valence-electron chi connectivity index (χ1n) is 11.6. The molecule has 2 N–H and O–H groups in total. The van der Waals surface area contributed by atoms with Gasteiger partial charge in [-0.15, -0.1) is 0 Å². The lowest BCUT2D eigenvalue weighted by atomic mass is 9.90. The second kappa shape index (κ2) is 15.7. The number of hydrogen-bond acceptors (Lipinski definition) is 6. The molecule has 8 nitrogen and oxygen atoms in total. The van der Waals surface area contributed by atoms with E-state index >= 15 is 0 Å². The molecule has 1 aliphatic rings. The maximum atomic E-state index is 9.10. The Morgan fingerprint density at radius 3 is 2.03 bits per heavy atom. The van der Waals surface area contributed by atoms with Crippen LogP contribution in [0.25, 0.3) is 0 Å². The van der Waals surface area contributed by atoms with Crippen molar-refractivity contribution < 1.29 is 34.0 Å². The van der Waals surface area contributed by atoms with Crippen molar-refractivity contribution >= 4 is 11.9 Å². The summed E-state index contributed by atoms with van der Waals surface area (Å²) in [5.74, 6) is -1.25. The quantitative estimate of drug-likeness (QED) is 0.377. The van der Waals surface area contributed by atoms with Gasteiger partial charge >= 0.3 is 11.9 Å². The lowest BCUT2D eigenvalue weighted by Gasteiger charge is -2.31. The molecule has 0 radical (unpaired) electrons. The van der Waals surface area contributed by atoms with Gasteiger partial charge < -0.3 is 29.3 Å². The summed E-state index contributed by atoms with van der Waals surface area (Å²) in [5.41, 5.74) is 1.47. The van der Waals surface area contributed by atoms with Gasteiger partial charge in [0.25, 0.3) is 0 Å². The fourth-order valence-corrected chi connectivity index (χ4v) is 3.71. The zero-order chi connectivity index (χ0) is 24.6. The number of benzene rings is 2. The standard InChI is InChI=1S/C24H33NO3.C2H2O4/c1-2-27-23-10-6-7-11-24(23)28-19-18-26-17-16-25-14-12-22(13-15-25)20-21-8-4-3-5-9-21;3-1(4)2(5)6/h3-11,22H,2,12-20H2,1H3;(H,3,4)(H,5,6). The number of carboxylic acids is 2. The molecule has 8 heteroatoms. The third kappa shape index (κ3) is 10.7. The van der Waals surface area contributed by atoms with Gasteiger partial charge in [0.15, 0.2) is 11.5 Å². The van der Waals surface area contributed by atoms with Crippen LogP contribution in [0.3, 0.4) is 0 Å². The Morgan fingerprint density at radius 2 is 1.44 bits per heavy atom. The lowest BCUT2D eigenvalue weighted by molar-refractivity contribution is -0.159. The molecule has 0 aromatic heterocycles. The monoisotopic (exact) mass is 473 g/mol. The third-order valence-corrected chi connectivity index (χ3v) is 5.44. The van der Waals surface area contributed by atoms with Crippen LogP contribution in [0.5, 0.6) is 11.5 Å². The van der Waals surface area contributed by atoms with Crippen molar-refractivity contribution in [2.75, 3.05) is 46.1 Å². The van der Waals surface area contributed by atoms with Gasteiger partial charge in [-0.1, -0.05) is 42.5 Å². The van der Waals surface area contributed by atoms with E-state index in [9.17, 15) is 0 Å². The number of ether oxygens (including phenoxy) is 3. The first-order valence-corrected chi connectivity index (χ1v) is 11.6. The van der Waals surface area contributed by atoms with E-state index in [1.165, 1.54) is 37.9 Å². The first kappa shape index (κ1) is 27.1. The number of para-hydroxylation sites is 2. The summed E-state index contributed by atoms with van der Waals surface area (Å²) in [6, 6.07) is 18.6. The largest absolute Gasteiger partial charge is 0.490 e. The summed E-state index contributed by atoms with van der Waals surface area (Å²) in [5, 5.41) is 14.8. The predicted octanol–water partition coefficient (Wildman–Crippen LogP) is 3.59. The first-order chi connectivity index (χ1) is 16.5. The van der Waals surface area contributed by atoms with Crippen LogP contribution in [0.4, 0.5) is 0 Å². The van der Waals surface area contributed by atoms with E-state index in [1.54, 1.807) is 0 Å². The Bertz CT molecular complexity index is 839. The lowest BCUT2D eigenvalue weighted by Crippen LogP contribution is -2.36. The molecule has 1 fully saturated rings. The minimum atomic E-state index is -1.82. The highest BCUT2D eigenvalue weighted by Crippen LogP contribution is 2.26. The van der Waals surface area contributed by atoms with Crippen LogP contribution in [0, 0.1) is 5.92 Å². The smallest absolute Gasteiger partial charge is 0.414 e. The molecule has 1 heterocycles. The predicted molar refractivity (Wildman–Crippen MR) is 129 cm³/mol. The molecular weight excluding hydrogens is 438 g/mol. The zero-order valence-corrected chi connectivity index (χ0v) is 19.7. The van der Waals surface area contributed by atoms with Gasteiger partial charge in [-0.05, 0) is 62.9 Å². The Hall–Kier alpha value is -3.10. The van der Waals surface area contributed by atoms with Gasteiger partial charge in [0.2, 0.25) is 0 Å².